The van der Waals surface area contributed by atoms with Gasteiger partial charge < -0.3 is 4.74 Å². The van der Waals surface area contributed by atoms with Crippen LogP contribution < -0.4 is 4.74 Å². The molecule has 0 aliphatic rings. The highest BCUT2D eigenvalue weighted by atomic mass is 35.5. The first kappa shape index (κ1) is 20.1. The molecule has 0 heterocycles. The highest BCUT2D eigenvalue weighted by molar-refractivity contribution is 6.45. The van der Waals surface area contributed by atoms with Crippen molar-refractivity contribution in [3.8, 4) is 33.8 Å². The van der Waals surface area contributed by atoms with Crippen molar-refractivity contribution in [3.63, 3.8) is 0 Å². The van der Waals surface area contributed by atoms with E-state index in [4.69, 9.17) is 51.1 Å². The molecular weight excluding hydrogens is 446 g/mol. The Labute approximate surface area is 189 Å². The molecule has 0 radical (unpaired) electrons. The van der Waals surface area contributed by atoms with E-state index in [0.29, 0.717) is 37.2 Å². The van der Waals surface area contributed by atoms with Gasteiger partial charge in [-0.25, -0.2) is 0 Å². The summed E-state index contributed by atoms with van der Waals surface area (Å²) in [5.74, 6) is 1.12. The minimum absolute atomic E-state index is 0.411. The summed E-state index contributed by atoms with van der Waals surface area (Å²) in [4.78, 5) is 0. The van der Waals surface area contributed by atoms with Crippen LogP contribution in [0.15, 0.2) is 84.9 Å². The van der Waals surface area contributed by atoms with E-state index in [1.54, 1.807) is 18.2 Å². The number of rotatable bonds is 4. The van der Waals surface area contributed by atoms with Gasteiger partial charge in [0.15, 0.2) is 0 Å². The molecular formula is C24H14Cl4O. The van der Waals surface area contributed by atoms with Crippen LogP contribution in [-0.2, 0) is 0 Å². The van der Waals surface area contributed by atoms with Crippen molar-refractivity contribution >= 4 is 46.4 Å². The van der Waals surface area contributed by atoms with E-state index >= 15 is 0 Å². The van der Waals surface area contributed by atoms with E-state index in [1.807, 2.05) is 66.7 Å². The van der Waals surface area contributed by atoms with Gasteiger partial charge in [-0.3, -0.25) is 0 Å². The first-order valence-corrected chi connectivity index (χ1v) is 10.3. The molecule has 4 aromatic carbocycles. The van der Waals surface area contributed by atoms with Crippen LogP contribution in [0.2, 0.25) is 20.1 Å². The molecule has 0 amide bonds. The first-order valence-electron chi connectivity index (χ1n) is 8.80. The van der Waals surface area contributed by atoms with Gasteiger partial charge in [0.25, 0.3) is 0 Å². The third kappa shape index (κ3) is 4.24. The Kier molecular flexibility index (Phi) is 6.03. The summed E-state index contributed by atoms with van der Waals surface area (Å²) in [6.45, 7) is 0. The molecule has 1 nitrogen and oxygen atoms in total. The zero-order valence-corrected chi connectivity index (χ0v) is 18.0. The highest BCUT2D eigenvalue weighted by Crippen LogP contribution is 2.47. The van der Waals surface area contributed by atoms with E-state index < -0.39 is 0 Å². The van der Waals surface area contributed by atoms with Crippen molar-refractivity contribution in [2.75, 3.05) is 0 Å². The van der Waals surface area contributed by atoms with Crippen molar-refractivity contribution in [1.29, 1.82) is 0 Å². The fourth-order valence-electron chi connectivity index (χ4n) is 3.05. The van der Waals surface area contributed by atoms with Gasteiger partial charge in [0.1, 0.15) is 11.5 Å². The van der Waals surface area contributed by atoms with Gasteiger partial charge in [0, 0.05) is 17.2 Å². The van der Waals surface area contributed by atoms with Gasteiger partial charge in [0.2, 0.25) is 0 Å². The van der Waals surface area contributed by atoms with Crippen LogP contribution in [0.25, 0.3) is 22.3 Å². The van der Waals surface area contributed by atoms with Gasteiger partial charge in [0.05, 0.1) is 20.1 Å². The fourth-order valence-corrected chi connectivity index (χ4v) is 3.90. The molecule has 0 N–H and O–H groups in total. The molecule has 0 fully saturated rings. The maximum absolute atomic E-state index is 6.75. The van der Waals surface area contributed by atoms with Crippen LogP contribution in [-0.4, -0.2) is 0 Å². The maximum atomic E-state index is 6.75. The number of halogens is 4. The summed E-state index contributed by atoms with van der Waals surface area (Å²) in [6.07, 6.45) is 0. The lowest BCUT2D eigenvalue weighted by Crippen LogP contribution is -1.93. The van der Waals surface area contributed by atoms with Crippen LogP contribution in [0.3, 0.4) is 0 Å². The molecule has 4 aromatic rings. The average molecular weight is 460 g/mol. The van der Waals surface area contributed by atoms with Crippen molar-refractivity contribution in [2.24, 2.45) is 0 Å². The number of benzene rings is 4. The molecule has 0 saturated heterocycles. The summed E-state index contributed by atoms with van der Waals surface area (Å²) in [6, 6.07) is 26.5. The second-order valence-corrected chi connectivity index (χ2v) is 7.91. The largest absolute Gasteiger partial charge is 0.457 e. The van der Waals surface area contributed by atoms with Gasteiger partial charge >= 0.3 is 0 Å². The molecule has 0 spiro atoms. The lowest BCUT2D eigenvalue weighted by Gasteiger charge is -2.18. The quantitative estimate of drug-likeness (QED) is 0.295. The minimum Gasteiger partial charge on any atom is -0.457 e. The molecule has 0 aliphatic carbocycles. The Balaban J connectivity index is 1.92. The maximum Gasteiger partial charge on any atom is 0.137 e. The van der Waals surface area contributed by atoms with Crippen molar-refractivity contribution < 1.29 is 4.74 Å². The predicted molar refractivity (Wildman–Crippen MR) is 124 cm³/mol. The van der Waals surface area contributed by atoms with Gasteiger partial charge in [-0.1, -0.05) is 107 Å². The van der Waals surface area contributed by atoms with E-state index in [2.05, 4.69) is 0 Å². The minimum atomic E-state index is 0.411. The highest BCUT2D eigenvalue weighted by Gasteiger charge is 2.20. The summed E-state index contributed by atoms with van der Waals surface area (Å²) in [7, 11) is 0. The van der Waals surface area contributed by atoms with E-state index in [1.165, 1.54) is 0 Å². The lowest BCUT2D eigenvalue weighted by molar-refractivity contribution is 0.485. The molecule has 4 rings (SSSR count). The molecule has 144 valence electrons. The van der Waals surface area contributed by atoms with Crippen LogP contribution >= 0.6 is 46.4 Å². The summed E-state index contributed by atoms with van der Waals surface area (Å²) in [5.41, 5.74) is 3.34. The van der Waals surface area contributed by atoms with Crippen molar-refractivity contribution in [1.82, 2.24) is 0 Å². The third-order valence-electron chi connectivity index (χ3n) is 4.44. The van der Waals surface area contributed by atoms with Crippen LogP contribution in [0, 0.1) is 0 Å². The molecule has 0 unspecified atom stereocenters. The molecule has 0 aliphatic heterocycles. The third-order valence-corrected chi connectivity index (χ3v) is 6.04. The topological polar surface area (TPSA) is 9.23 Å². The standard InChI is InChI=1S/C24H14Cl4O/c25-19-12-11-17(13-20(19)26)29-21-14-18(15-7-3-1-4-8-15)23(27)24(28)22(21)16-9-5-2-6-10-16/h1-14H. The zero-order chi connectivity index (χ0) is 20.4. The number of hydrogen-bond acceptors (Lipinski definition) is 1. The predicted octanol–water partition coefficient (Wildman–Crippen LogP) is 9.43. The van der Waals surface area contributed by atoms with E-state index in [9.17, 15) is 0 Å². The molecule has 0 bridgehead atoms. The molecule has 0 aromatic heterocycles. The van der Waals surface area contributed by atoms with Gasteiger partial charge in [-0.15, -0.1) is 0 Å². The molecule has 0 saturated carbocycles. The second kappa shape index (κ2) is 8.69. The fraction of sp³-hybridized carbons (Fsp3) is 0. The van der Waals surface area contributed by atoms with E-state index in [-0.39, 0.29) is 0 Å². The van der Waals surface area contributed by atoms with Crippen molar-refractivity contribution in [3.05, 3.63) is 105 Å². The number of hydrogen-bond donors (Lipinski definition) is 0. The monoisotopic (exact) mass is 458 g/mol. The molecule has 29 heavy (non-hydrogen) atoms. The van der Waals surface area contributed by atoms with Crippen molar-refractivity contribution in [2.45, 2.75) is 0 Å². The summed E-state index contributed by atoms with van der Waals surface area (Å²) in [5, 5.41) is 1.77. The second-order valence-electron chi connectivity index (χ2n) is 6.34. The van der Waals surface area contributed by atoms with Gasteiger partial charge in [-0.2, -0.15) is 0 Å². The van der Waals surface area contributed by atoms with E-state index in [0.717, 1.165) is 16.7 Å². The summed E-state index contributed by atoms with van der Waals surface area (Å²) >= 11 is 25.6. The lowest BCUT2D eigenvalue weighted by atomic mass is 9.98. The Morgan fingerprint density at radius 2 is 1.17 bits per heavy atom. The average Bonchev–Trinajstić information content (AvgIpc) is 2.74. The Morgan fingerprint density at radius 3 is 1.79 bits per heavy atom. The van der Waals surface area contributed by atoms with Gasteiger partial charge in [-0.05, 0) is 29.3 Å². The molecule has 5 heteroatoms. The van der Waals surface area contributed by atoms with Crippen LogP contribution in [0.1, 0.15) is 0 Å². The Hall–Kier alpha value is -2.16. The Morgan fingerprint density at radius 1 is 0.552 bits per heavy atom. The summed E-state index contributed by atoms with van der Waals surface area (Å²) < 4.78 is 6.21. The smallest absolute Gasteiger partial charge is 0.137 e. The zero-order valence-electron chi connectivity index (χ0n) is 15.0. The normalized spacial score (nSPS) is 10.8. The molecule has 0 atom stereocenters. The first-order chi connectivity index (χ1) is 14.0. The Bertz CT molecular complexity index is 1160. The SMILES string of the molecule is Clc1ccc(Oc2cc(-c3ccccc3)c(Cl)c(Cl)c2-c2ccccc2)cc1Cl. The van der Waals surface area contributed by atoms with Crippen LogP contribution in [0.4, 0.5) is 0 Å². The number of ether oxygens (including phenoxy) is 1. The van der Waals surface area contributed by atoms with Crippen LogP contribution in [0.5, 0.6) is 11.5 Å².